The van der Waals surface area contributed by atoms with Gasteiger partial charge in [-0.3, -0.25) is 9.59 Å². The number of alkyl halides is 2. The van der Waals surface area contributed by atoms with Crippen LogP contribution >= 0.6 is 0 Å². The first-order valence-electron chi connectivity index (χ1n) is 8.95. The molecule has 2 rings (SSSR count). The van der Waals surface area contributed by atoms with Gasteiger partial charge in [0.1, 0.15) is 0 Å². The van der Waals surface area contributed by atoms with E-state index in [1.165, 1.54) is 31.4 Å². The van der Waals surface area contributed by atoms with Crippen molar-refractivity contribution in [1.82, 2.24) is 0 Å². The molecule has 0 saturated carbocycles. The summed E-state index contributed by atoms with van der Waals surface area (Å²) in [5.74, 6) is -1.91. The normalized spacial score (nSPS) is 10.6. The number of anilines is 1. The second-order valence-corrected chi connectivity index (χ2v) is 6.46. The Labute approximate surface area is 171 Å². The molecule has 0 spiro atoms. The van der Waals surface area contributed by atoms with Crippen molar-refractivity contribution in [3.63, 3.8) is 0 Å². The highest BCUT2D eigenvalue weighted by molar-refractivity contribution is 6.00. The molecule has 9 heteroatoms. The molecule has 0 aromatic heterocycles. The predicted molar refractivity (Wildman–Crippen MR) is 104 cm³/mol. The lowest BCUT2D eigenvalue weighted by Gasteiger charge is -2.11. The molecule has 0 saturated heterocycles. The van der Waals surface area contributed by atoms with Gasteiger partial charge in [0.05, 0.1) is 12.7 Å². The van der Waals surface area contributed by atoms with Gasteiger partial charge < -0.3 is 19.5 Å². The van der Waals surface area contributed by atoms with Crippen LogP contribution in [-0.2, 0) is 9.53 Å². The monoisotopic (exact) mass is 421 g/mol. The minimum atomic E-state index is -3.04. The molecule has 0 aliphatic rings. The van der Waals surface area contributed by atoms with Gasteiger partial charge in [-0.1, -0.05) is 13.8 Å². The Morgan fingerprint density at radius 2 is 1.60 bits per heavy atom. The van der Waals surface area contributed by atoms with Gasteiger partial charge in [-0.2, -0.15) is 8.78 Å². The first-order chi connectivity index (χ1) is 14.2. The van der Waals surface area contributed by atoms with Gasteiger partial charge >= 0.3 is 12.6 Å². The number of carbonyl (C=O) groups excluding carboxylic acids is 3. The zero-order chi connectivity index (χ0) is 22.3. The molecule has 160 valence electrons. The molecule has 0 aliphatic heterocycles. The predicted octanol–water partition coefficient (Wildman–Crippen LogP) is 3.93. The van der Waals surface area contributed by atoms with Crippen LogP contribution in [0.15, 0.2) is 42.5 Å². The van der Waals surface area contributed by atoms with Crippen molar-refractivity contribution < 1.29 is 37.4 Å². The van der Waals surface area contributed by atoms with E-state index in [9.17, 15) is 23.2 Å². The van der Waals surface area contributed by atoms with Crippen LogP contribution in [-0.4, -0.2) is 38.0 Å². The second kappa shape index (κ2) is 10.3. The molecule has 30 heavy (non-hydrogen) atoms. The maximum absolute atomic E-state index is 12.4. The number of rotatable bonds is 9. The van der Waals surface area contributed by atoms with Gasteiger partial charge in [0.15, 0.2) is 23.9 Å². The van der Waals surface area contributed by atoms with Crippen molar-refractivity contribution in [2.45, 2.75) is 20.5 Å². The van der Waals surface area contributed by atoms with Gasteiger partial charge in [-0.25, -0.2) is 4.79 Å². The first kappa shape index (κ1) is 22.8. The maximum Gasteiger partial charge on any atom is 0.387 e. The number of hydrogen-bond acceptors (Lipinski definition) is 6. The van der Waals surface area contributed by atoms with Gasteiger partial charge in [0.25, 0.3) is 0 Å². The van der Waals surface area contributed by atoms with Crippen LogP contribution in [0.1, 0.15) is 34.6 Å². The number of amides is 1. The standard InChI is InChI=1S/C21H21F2NO6/c1-12(2)19(26)24-15-7-4-13(5-8-15)16(25)11-29-20(27)14-6-9-17(30-21(22)23)18(10-14)28-3/h4-10,12,21H,11H2,1-3H3,(H,24,26). The highest BCUT2D eigenvalue weighted by atomic mass is 19.3. The van der Waals surface area contributed by atoms with E-state index in [-0.39, 0.29) is 28.9 Å². The van der Waals surface area contributed by atoms with Crippen molar-refractivity contribution in [1.29, 1.82) is 0 Å². The summed E-state index contributed by atoms with van der Waals surface area (Å²) in [5, 5.41) is 2.70. The highest BCUT2D eigenvalue weighted by Gasteiger charge is 2.17. The fraction of sp³-hybridized carbons (Fsp3) is 0.286. The number of ether oxygens (including phenoxy) is 3. The van der Waals surface area contributed by atoms with E-state index >= 15 is 0 Å². The van der Waals surface area contributed by atoms with Crippen molar-refractivity contribution in [3.05, 3.63) is 53.6 Å². The number of benzene rings is 2. The molecule has 0 atom stereocenters. The zero-order valence-corrected chi connectivity index (χ0v) is 16.6. The lowest BCUT2D eigenvalue weighted by atomic mass is 10.1. The summed E-state index contributed by atoms with van der Waals surface area (Å²) in [6.07, 6.45) is 0. The summed E-state index contributed by atoms with van der Waals surface area (Å²) in [4.78, 5) is 36.1. The Kier molecular flexibility index (Phi) is 7.85. The number of nitrogens with one attached hydrogen (secondary N) is 1. The fourth-order valence-electron chi connectivity index (χ4n) is 2.31. The van der Waals surface area contributed by atoms with Crippen molar-refractivity contribution in [2.75, 3.05) is 19.0 Å². The molecular weight excluding hydrogens is 400 g/mol. The number of hydrogen-bond donors (Lipinski definition) is 1. The minimum Gasteiger partial charge on any atom is -0.493 e. The molecule has 0 heterocycles. The zero-order valence-electron chi connectivity index (χ0n) is 16.6. The second-order valence-electron chi connectivity index (χ2n) is 6.46. The van der Waals surface area contributed by atoms with Crippen LogP contribution in [0.3, 0.4) is 0 Å². The van der Waals surface area contributed by atoms with E-state index in [0.29, 0.717) is 11.3 Å². The minimum absolute atomic E-state index is 0.00742. The van der Waals surface area contributed by atoms with Crippen molar-refractivity contribution >= 4 is 23.3 Å². The lowest BCUT2D eigenvalue weighted by molar-refractivity contribution is -0.118. The maximum atomic E-state index is 12.4. The van der Waals surface area contributed by atoms with Gasteiger partial charge in [0, 0.05) is 17.2 Å². The Morgan fingerprint density at radius 1 is 0.967 bits per heavy atom. The summed E-state index contributed by atoms with van der Waals surface area (Å²) < 4.78 is 38.9. The van der Waals surface area contributed by atoms with Gasteiger partial charge in [-0.15, -0.1) is 0 Å². The van der Waals surface area contributed by atoms with Gasteiger partial charge in [0.2, 0.25) is 5.91 Å². The van der Waals surface area contributed by atoms with E-state index in [2.05, 4.69) is 10.1 Å². The fourth-order valence-corrected chi connectivity index (χ4v) is 2.31. The van der Waals surface area contributed by atoms with Crippen LogP contribution in [0.4, 0.5) is 14.5 Å². The summed E-state index contributed by atoms with van der Waals surface area (Å²) in [7, 11) is 1.24. The van der Waals surface area contributed by atoms with Gasteiger partial charge in [-0.05, 0) is 42.5 Å². The van der Waals surface area contributed by atoms with Crippen LogP contribution < -0.4 is 14.8 Å². The molecular formula is C21H21F2NO6. The van der Waals surface area contributed by atoms with E-state index in [1.807, 2.05) is 0 Å². The number of carbonyl (C=O) groups is 3. The highest BCUT2D eigenvalue weighted by Crippen LogP contribution is 2.29. The number of methoxy groups -OCH3 is 1. The topological polar surface area (TPSA) is 90.9 Å². The van der Waals surface area contributed by atoms with Crippen molar-refractivity contribution in [3.8, 4) is 11.5 Å². The summed E-state index contributed by atoms with van der Waals surface area (Å²) in [6.45, 7) is -0.0410. The number of ketones is 1. The van der Waals surface area contributed by atoms with Crippen LogP contribution in [0.25, 0.3) is 0 Å². The quantitative estimate of drug-likeness (QED) is 0.487. The first-order valence-corrected chi connectivity index (χ1v) is 8.95. The molecule has 0 aliphatic carbocycles. The molecule has 1 N–H and O–H groups in total. The van der Waals surface area contributed by atoms with E-state index < -0.39 is 25.0 Å². The molecule has 2 aromatic carbocycles. The van der Waals surface area contributed by atoms with Crippen LogP contribution in [0.2, 0.25) is 0 Å². The molecule has 0 unspecified atom stereocenters. The van der Waals surface area contributed by atoms with Crippen molar-refractivity contribution in [2.24, 2.45) is 5.92 Å². The molecule has 2 aromatic rings. The van der Waals surface area contributed by atoms with Crippen LogP contribution in [0, 0.1) is 5.92 Å². The Balaban J connectivity index is 1.97. The summed E-state index contributed by atoms with van der Waals surface area (Å²) in [5.41, 5.74) is 0.845. The van der Waals surface area contributed by atoms with Crippen LogP contribution in [0.5, 0.6) is 11.5 Å². The molecule has 0 bridgehead atoms. The molecule has 7 nitrogen and oxygen atoms in total. The largest absolute Gasteiger partial charge is 0.493 e. The Morgan fingerprint density at radius 3 is 2.17 bits per heavy atom. The Hall–Kier alpha value is -3.49. The third kappa shape index (κ3) is 6.26. The number of halogens is 2. The van der Waals surface area contributed by atoms with E-state index in [1.54, 1.807) is 26.0 Å². The lowest BCUT2D eigenvalue weighted by Crippen LogP contribution is -2.18. The number of esters is 1. The average Bonchev–Trinajstić information content (AvgIpc) is 2.72. The smallest absolute Gasteiger partial charge is 0.387 e. The summed E-state index contributed by atoms with van der Waals surface area (Å²) in [6, 6.07) is 9.70. The summed E-state index contributed by atoms with van der Waals surface area (Å²) >= 11 is 0. The third-order valence-electron chi connectivity index (χ3n) is 3.95. The number of Topliss-reactive ketones (excluding diaryl/α,β-unsaturated/α-hetero) is 1. The third-order valence-corrected chi connectivity index (χ3v) is 3.95. The average molecular weight is 421 g/mol. The van der Waals surface area contributed by atoms with E-state index in [0.717, 1.165) is 6.07 Å². The van der Waals surface area contributed by atoms with E-state index in [4.69, 9.17) is 9.47 Å². The molecule has 1 amide bonds. The SMILES string of the molecule is COc1cc(C(=O)OCC(=O)c2ccc(NC(=O)C(C)C)cc2)ccc1OC(F)F. The Bertz CT molecular complexity index is 912. The molecule has 0 radical (unpaired) electrons. The molecule has 0 fully saturated rings.